The molecule has 0 saturated carbocycles. The Morgan fingerprint density at radius 1 is 1.60 bits per heavy atom. The number of ether oxygens (including phenoxy) is 1. The van der Waals surface area contributed by atoms with Crippen LogP contribution in [0.5, 0.6) is 11.5 Å². The highest BCUT2D eigenvalue weighted by molar-refractivity contribution is 5.43. The Morgan fingerprint density at radius 3 is 3.00 bits per heavy atom. The third-order valence-electron chi connectivity index (χ3n) is 2.73. The molecule has 1 heterocycles. The third kappa shape index (κ3) is 1.70. The van der Waals surface area contributed by atoms with E-state index >= 15 is 0 Å². The number of hydrogen-bond acceptors (Lipinski definition) is 3. The number of hydrogen-bond donors (Lipinski definition) is 2. The van der Waals surface area contributed by atoms with Crippen molar-refractivity contribution in [2.45, 2.75) is 25.0 Å². The first-order valence-corrected chi connectivity index (χ1v) is 4.88. The van der Waals surface area contributed by atoms with Gasteiger partial charge in [0.2, 0.25) is 0 Å². The smallest absolute Gasteiger partial charge is 0.127 e. The predicted molar refractivity (Wildman–Crippen MR) is 56.9 cm³/mol. The van der Waals surface area contributed by atoms with Crippen molar-refractivity contribution in [3.8, 4) is 11.5 Å². The molecule has 0 aromatic heterocycles. The zero-order valence-electron chi connectivity index (χ0n) is 8.60. The quantitative estimate of drug-likeness (QED) is 0.692. The summed E-state index contributed by atoms with van der Waals surface area (Å²) in [5, 5.41) is 19.2. The van der Waals surface area contributed by atoms with E-state index in [1.54, 1.807) is 18.2 Å². The van der Waals surface area contributed by atoms with Gasteiger partial charge < -0.3 is 14.9 Å². The van der Waals surface area contributed by atoms with Crippen LogP contribution in [0, 0.1) is 0 Å². The lowest BCUT2D eigenvalue weighted by Crippen LogP contribution is -2.35. The number of phenols is 1. The zero-order valence-corrected chi connectivity index (χ0v) is 8.60. The number of phenolic OH excluding ortho intramolecular Hbond substituents is 1. The van der Waals surface area contributed by atoms with Gasteiger partial charge in [-0.25, -0.2) is 0 Å². The Kier molecular flexibility index (Phi) is 2.20. The van der Waals surface area contributed by atoms with E-state index in [0.29, 0.717) is 17.7 Å². The summed E-state index contributed by atoms with van der Waals surface area (Å²) in [6.07, 6.45) is 1.52. The van der Waals surface area contributed by atoms with Crippen LogP contribution in [0.4, 0.5) is 0 Å². The number of aliphatic hydroxyl groups is 1. The van der Waals surface area contributed by atoms with Crippen LogP contribution >= 0.6 is 0 Å². The van der Waals surface area contributed by atoms with Gasteiger partial charge in [0.25, 0.3) is 0 Å². The van der Waals surface area contributed by atoms with Crippen LogP contribution in [-0.2, 0) is 0 Å². The molecule has 15 heavy (non-hydrogen) atoms. The Balaban J connectivity index is 2.45. The number of rotatable bonds is 1. The Hall–Kier alpha value is -1.48. The molecule has 1 aromatic carbocycles. The largest absolute Gasteiger partial charge is 0.508 e. The summed E-state index contributed by atoms with van der Waals surface area (Å²) in [5.74, 6) is 0.743. The molecular weight excluding hydrogens is 192 g/mol. The summed E-state index contributed by atoms with van der Waals surface area (Å²) in [5.41, 5.74) is 0.0953. The highest BCUT2D eigenvalue weighted by Crippen LogP contribution is 2.41. The van der Waals surface area contributed by atoms with Gasteiger partial charge >= 0.3 is 0 Å². The molecule has 0 bridgehead atoms. The van der Waals surface area contributed by atoms with E-state index in [4.69, 9.17) is 4.74 Å². The monoisotopic (exact) mass is 206 g/mol. The normalized spacial score (nSPS) is 29.1. The SMILES string of the molecule is C=CC1(C)CC(O)c2cc(O)ccc2O1. The fraction of sp³-hybridized carbons (Fsp3) is 0.333. The molecule has 0 saturated heterocycles. The lowest BCUT2D eigenvalue weighted by Gasteiger charge is -2.35. The average Bonchev–Trinajstić information content (AvgIpc) is 2.20. The minimum atomic E-state index is -0.621. The van der Waals surface area contributed by atoms with Crippen LogP contribution in [0.2, 0.25) is 0 Å². The van der Waals surface area contributed by atoms with Gasteiger partial charge in [-0.3, -0.25) is 0 Å². The number of aliphatic hydroxyl groups excluding tert-OH is 1. The molecular formula is C12H14O3. The van der Waals surface area contributed by atoms with Gasteiger partial charge in [-0.15, -0.1) is 0 Å². The minimum Gasteiger partial charge on any atom is -0.508 e. The van der Waals surface area contributed by atoms with E-state index in [1.807, 2.05) is 6.92 Å². The van der Waals surface area contributed by atoms with Crippen molar-refractivity contribution in [2.24, 2.45) is 0 Å². The van der Waals surface area contributed by atoms with E-state index in [9.17, 15) is 10.2 Å². The topological polar surface area (TPSA) is 49.7 Å². The summed E-state index contributed by atoms with van der Waals surface area (Å²) in [6, 6.07) is 4.73. The maximum atomic E-state index is 9.91. The molecule has 3 nitrogen and oxygen atoms in total. The molecule has 80 valence electrons. The second-order valence-corrected chi connectivity index (χ2v) is 4.06. The fourth-order valence-corrected chi connectivity index (χ4v) is 1.80. The van der Waals surface area contributed by atoms with Gasteiger partial charge in [0.1, 0.15) is 17.1 Å². The van der Waals surface area contributed by atoms with Crippen molar-refractivity contribution in [2.75, 3.05) is 0 Å². The first-order valence-electron chi connectivity index (χ1n) is 4.88. The molecule has 1 aromatic rings. The lowest BCUT2D eigenvalue weighted by atomic mass is 9.90. The second kappa shape index (κ2) is 3.28. The zero-order chi connectivity index (χ0) is 11.1. The van der Waals surface area contributed by atoms with Crippen LogP contribution < -0.4 is 4.74 Å². The molecule has 2 rings (SSSR count). The standard InChI is InChI=1S/C12H14O3/c1-3-12(2)7-10(14)9-6-8(13)4-5-11(9)15-12/h3-6,10,13-14H,1,7H2,2H3. The number of aromatic hydroxyl groups is 1. The van der Waals surface area contributed by atoms with Gasteiger partial charge in [0.15, 0.2) is 0 Å². The van der Waals surface area contributed by atoms with Crippen LogP contribution in [0.3, 0.4) is 0 Å². The van der Waals surface area contributed by atoms with Gasteiger partial charge in [0.05, 0.1) is 6.10 Å². The highest BCUT2D eigenvalue weighted by atomic mass is 16.5. The van der Waals surface area contributed by atoms with E-state index in [0.717, 1.165) is 0 Å². The summed E-state index contributed by atoms with van der Waals surface area (Å²) >= 11 is 0. The van der Waals surface area contributed by atoms with E-state index in [2.05, 4.69) is 6.58 Å². The molecule has 3 heteroatoms. The lowest BCUT2D eigenvalue weighted by molar-refractivity contribution is 0.0304. The maximum Gasteiger partial charge on any atom is 0.127 e. The van der Waals surface area contributed by atoms with Crippen molar-refractivity contribution >= 4 is 0 Å². The molecule has 0 amide bonds. The van der Waals surface area contributed by atoms with Gasteiger partial charge in [-0.05, 0) is 31.2 Å². The van der Waals surface area contributed by atoms with Gasteiger partial charge in [0, 0.05) is 12.0 Å². The molecule has 2 unspecified atom stereocenters. The minimum absolute atomic E-state index is 0.138. The molecule has 0 aliphatic carbocycles. The number of benzene rings is 1. The average molecular weight is 206 g/mol. The Labute approximate surface area is 88.6 Å². The third-order valence-corrected chi connectivity index (χ3v) is 2.73. The van der Waals surface area contributed by atoms with E-state index in [1.165, 1.54) is 6.07 Å². The summed E-state index contributed by atoms with van der Waals surface area (Å²) in [7, 11) is 0. The molecule has 0 spiro atoms. The van der Waals surface area contributed by atoms with Crippen LogP contribution in [0.25, 0.3) is 0 Å². The second-order valence-electron chi connectivity index (χ2n) is 4.06. The van der Waals surface area contributed by atoms with Crippen LogP contribution in [0.15, 0.2) is 30.9 Å². The maximum absolute atomic E-state index is 9.91. The molecule has 1 aliphatic heterocycles. The van der Waals surface area contributed by atoms with Crippen molar-refractivity contribution in [3.05, 3.63) is 36.4 Å². The predicted octanol–water partition coefficient (Wildman–Crippen LogP) is 2.15. The molecule has 2 atom stereocenters. The van der Waals surface area contributed by atoms with Crippen LogP contribution in [-0.4, -0.2) is 15.8 Å². The van der Waals surface area contributed by atoms with E-state index in [-0.39, 0.29) is 5.75 Å². The molecule has 2 N–H and O–H groups in total. The number of fused-ring (bicyclic) bond motifs is 1. The van der Waals surface area contributed by atoms with Crippen molar-refractivity contribution in [1.29, 1.82) is 0 Å². The summed E-state index contributed by atoms with van der Waals surface area (Å²) < 4.78 is 5.70. The van der Waals surface area contributed by atoms with Gasteiger partial charge in [-0.2, -0.15) is 0 Å². The van der Waals surface area contributed by atoms with Crippen molar-refractivity contribution in [3.63, 3.8) is 0 Å². The Bertz CT molecular complexity index is 400. The first kappa shape index (κ1) is 10.1. The van der Waals surface area contributed by atoms with E-state index < -0.39 is 11.7 Å². The molecule has 0 radical (unpaired) electrons. The highest BCUT2D eigenvalue weighted by Gasteiger charge is 2.34. The van der Waals surface area contributed by atoms with Gasteiger partial charge in [-0.1, -0.05) is 6.58 Å². The summed E-state index contributed by atoms with van der Waals surface area (Å²) in [4.78, 5) is 0. The Morgan fingerprint density at radius 2 is 2.33 bits per heavy atom. The van der Waals surface area contributed by atoms with Crippen LogP contribution in [0.1, 0.15) is 25.0 Å². The summed E-state index contributed by atoms with van der Waals surface area (Å²) in [6.45, 7) is 5.57. The first-order chi connectivity index (χ1) is 7.04. The van der Waals surface area contributed by atoms with Crippen molar-refractivity contribution < 1.29 is 14.9 Å². The van der Waals surface area contributed by atoms with Crippen molar-refractivity contribution in [1.82, 2.24) is 0 Å². The molecule has 0 fully saturated rings. The molecule has 1 aliphatic rings. The fourth-order valence-electron chi connectivity index (χ4n) is 1.80.